The van der Waals surface area contributed by atoms with Crippen LogP contribution in [0.4, 0.5) is 5.69 Å². The first-order valence-corrected chi connectivity index (χ1v) is 10.2. The highest BCUT2D eigenvalue weighted by Gasteiger charge is 2.21. The number of ketones is 1. The lowest BCUT2D eigenvalue weighted by atomic mass is 10.0. The molecule has 0 radical (unpaired) electrons. The predicted molar refractivity (Wildman–Crippen MR) is 119 cm³/mol. The Morgan fingerprint density at radius 2 is 2.03 bits per heavy atom. The highest BCUT2D eigenvalue weighted by molar-refractivity contribution is 6.15. The highest BCUT2D eigenvalue weighted by Crippen LogP contribution is 2.28. The van der Waals surface area contributed by atoms with E-state index in [1.54, 1.807) is 48.7 Å². The molecule has 32 heavy (non-hydrogen) atoms. The SMILES string of the molecule is CCCC/C=C/Oc1ccc(C(=O)c2cccc3c(=O)c(N)c(-c4nn[nH]n4)oc23)cc1. The van der Waals surface area contributed by atoms with Crippen molar-refractivity contribution < 1.29 is 13.9 Å². The number of carbonyl (C=O) groups excluding carboxylic acids is 1. The number of unbranched alkanes of at least 4 members (excludes halogenated alkanes) is 2. The number of aromatic amines is 1. The molecule has 4 rings (SSSR count). The van der Waals surface area contributed by atoms with Crippen molar-refractivity contribution in [3.8, 4) is 17.3 Å². The Bertz CT molecular complexity index is 1330. The van der Waals surface area contributed by atoms with Crippen molar-refractivity contribution in [1.82, 2.24) is 20.6 Å². The summed E-state index contributed by atoms with van der Waals surface area (Å²) in [6.07, 6.45) is 6.80. The number of carbonyl (C=O) groups is 1. The summed E-state index contributed by atoms with van der Waals surface area (Å²) in [7, 11) is 0. The van der Waals surface area contributed by atoms with Crippen LogP contribution in [0.1, 0.15) is 42.1 Å². The highest BCUT2D eigenvalue weighted by atomic mass is 16.5. The van der Waals surface area contributed by atoms with Crippen LogP contribution in [-0.4, -0.2) is 26.4 Å². The molecule has 0 atom stereocenters. The molecule has 0 saturated heterocycles. The number of rotatable bonds is 8. The molecule has 3 N–H and O–H groups in total. The number of tetrazole rings is 1. The maximum Gasteiger partial charge on any atom is 0.242 e. The maximum absolute atomic E-state index is 13.2. The Morgan fingerprint density at radius 1 is 1.22 bits per heavy atom. The number of anilines is 1. The molecule has 0 spiro atoms. The number of nitrogen functional groups attached to an aromatic ring is 1. The standard InChI is InChI=1S/C23H21N5O4/c1-2-3-4-5-13-31-15-11-9-14(10-12-15)19(29)16-7-6-8-17-20(30)18(24)22(32-21(16)17)23-25-27-28-26-23/h5-13H,2-4,24H2,1H3,(H,25,26,27,28)/b13-5+. The fraction of sp³-hybridized carbons (Fsp3) is 0.174. The summed E-state index contributed by atoms with van der Waals surface area (Å²) in [5, 5.41) is 13.6. The van der Waals surface area contributed by atoms with E-state index < -0.39 is 5.43 Å². The van der Waals surface area contributed by atoms with Crippen molar-refractivity contribution in [3.63, 3.8) is 0 Å². The second-order valence-corrected chi connectivity index (χ2v) is 7.08. The van der Waals surface area contributed by atoms with E-state index in [-0.39, 0.29) is 39.6 Å². The van der Waals surface area contributed by atoms with Crippen molar-refractivity contribution in [2.45, 2.75) is 26.2 Å². The molecule has 0 aliphatic rings. The van der Waals surface area contributed by atoms with Crippen LogP contribution < -0.4 is 15.9 Å². The largest absolute Gasteiger partial charge is 0.465 e. The predicted octanol–water partition coefficient (Wildman–Crippen LogP) is 3.87. The summed E-state index contributed by atoms with van der Waals surface area (Å²) in [6, 6.07) is 11.5. The van der Waals surface area contributed by atoms with Crippen LogP contribution in [0.5, 0.6) is 5.75 Å². The molecule has 0 bridgehead atoms. The van der Waals surface area contributed by atoms with E-state index in [2.05, 4.69) is 27.5 Å². The summed E-state index contributed by atoms with van der Waals surface area (Å²) in [5.41, 5.74) is 6.04. The Labute approximate surface area is 182 Å². The topological polar surface area (TPSA) is 137 Å². The van der Waals surface area contributed by atoms with Gasteiger partial charge in [0, 0.05) is 5.56 Å². The smallest absolute Gasteiger partial charge is 0.242 e. The van der Waals surface area contributed by atoms with Gasteiger partial charge in [-0.15, -0.1) is 10.2 Å². The molecule has 9 nitrogen and oxygen atoms in total. The molecule has 4 aromatic rings. The lowest BCUT2D eigenvalue weighted by molar-refractivity contribution is 0.103. The average molecular weight is 431 g/mol. The van der Waals surface area contributed by atoms with E-state index in [9.17, 15) is 9.59 Å². The van der Waals surface area contributed by atoms with Crippen LogP contribution in [0.15, 0.2) is 64.0 Å². The van der Waals surface area contributed by atoms with Gasteiger partial charge in [-0.2, -0.15) is 5.21 Å². The van der Waals surface area contributed by atoms with Crippen molar-refractivity contribution in [2.24, 2.45) is 0 Å². The van der Waals surface area contributed by atoms with Gasteiger partial charge >= 0.3 is 0 Å². The summed E-state index contributed by atoms with van der Waals surface area (Å²) in [4.78, 5) is 26.0. The normalized spacial score (nSPS) is 11.3. The number of benzene rings is 2. The molecule has 0 amide bonds. The number of nitrogens with zero attached hydrogens (tertiary/aromatic N) is 3. The molecule has 162 valence electrons. The van der Waals surface area contributed by atoms with Gasteiger partial charge in [0.15, 0.2) is 5.78 Å². The molecule has 0 aliphatic carbocycles. The zero-order chi connectivity index (χ0) is 22.5. The number of hydrogen-bond donors (Lipinski definition) is 2. The van der Waals surface area contributed by atoms with Crippen molar-refractivity contribution >= 4 is 22.4 Å². The van der Waals surface area contributed by atoms with E-state index in [1.165, 1.54) is 0 Å². The molecule has 9 heteroatoms. The minimum absolute atomic E-state index is 0.0252. The number of hydrogen-bond acceptors (Lipinski definition) is 8. The Balaban J connectivity index is 1.67. The lowest BCUT2D eigenvalue weighted by Gasteiger charge is -2.08. The lowest BCUT2D eigenvalue weighted by Crippen LogP contribution is -2.12. The van der Waals surface area contributed by atoms with Crippen LogP contribution in [0, 0.1) is 0 Å². The van der Waals surface area contributed by atoms with Crippen LogP contribution in [0.25, 0.3) is 22.6 Å². The molecular formula is C23H21N5O4. The fourth-order valence-electron chi connectivity index (χ4n) is 3.19. The molecule has 0 saturated carbocycles. The van der Waals surface area contributed by atoms with Crippen LogP contribution >= 0.6 is 0 Å². The van der Waals surface area contributed by atoms with Gasteiger partial charge in [0.1, 0.15) is 17.0 Å². The van der Waals surface area contributed by atoms with Gasteiger partial charge in [0.2, 0.25) is 17.0 Å². The first kappa shape index (κ1) is 21.0. The number of aromatic nitrogens is 4. The monoisotopic (exact) mass is 431 g/mol. The number of H-pyrrole nitrogens is 1. The van der Waals surface area contributed by atoms with Crippen molar-refractivity contribution in [3.05, 3.63) is 76.2 Å². The van der Waals surface area contributed by atoms with Gasteiger partial charge in [-0.1, -0.05) is 19.4 Å². The van der Waals surface area contributed by atoms with Crippen LogP contribution in [-0.2, 0) is 0 Å². The Hall–Kier alpha value is -4.27. The maximum atomic E-state index is 13.2. The molecule has 2 aromatic carbocycles. The average Bonchev–Trinajstić information content (AvgIpc) is 3.35. The van der Waals surface area contributed by atoms with Crippen molar-refractivity contribution in [1.29, 1.82) is 0 Å². The first-order valence-electron chi connectivity index (χ1n) is 10.2. The summed E-state index contributed by atoms with van der Waals surface area (Å²) in [5.74, 6) is 0.283. The van der Waals surface area contributed by atoms with Gasteiger partial charge in [-0.05, 0) is 60.5 Å². The summed E-state index contributed by atoms with van der Waals surface area (Å²) >= 11 is 0. The quantitative estimate of drug-likeness (QED) is 0.244. The van der Waals surface area contributed by atoms with E-state index in [0.29, 0.717) is 11.3 Å². The summed E-state index contributed by atoms with van der Waals surface area (Å²) in [6.45, 7) is 2.13. The first-order chi connectivity index (χ1) is 15.6. The number of para-hydroxylation sites is 1. The zero-order valence-electron chi connectivity index (χ0n) is 17.4. The minimum Gasteiger partial charge on any atom is -0.465 e. The number of nitrogens with one attached hydrogen (secondary N) is 1. The Morgan fingerprint density at radius 3 is 2.75 bits per heavy atom. The third-order valence-electron chi connectivity index (χ3n) is 4.89. The van der Waals surface area contributed by atoms with Gasteiger partial charge < -0.3 is 14.9 Å². The Kier molecular flexibility index (Phi) is 6.07. The molecule has 2 heterocycles. The molecule has 0 unspecified atom stereocenters. The van der Waals surface area contributed by atoms with Gasteiger partial charge in [-0.25, -0.2) is 0 Å². The molecular weight excluding hydrogens is 410 g/mol. The van der Waals surface area contributed by atoms with Crippen LogP contribution in [0.2, 0.25) is 0 Å². The molecule has 0 fully saturated rings. The van der Waals surface area contributed by atoms with Gasteiger partial charge in [0.25, 0.3) is 0 Å². The number of fused-ring (bicyclic) bond motifs is 1. The zero-order valence-corrected chi connectivity index (χ0v) is 17.4. The third-order valence-corrected chi connectivity index (χ3v) is 4.89. The third kappa shape index (κ3) is 4.13. The number of nitrogens with two attached hydrogens (primary N) is 1. The fourth-order valence-corrected chi connectivity index (χ4v) is 3.19. The number of allylic oxidation sites excluding steroid dienone is 1. The van der Waals surface area contributed by atoms with E-state index in [1.807, 2.05) is 6.08 Å². The van der Waals surface area contributed by atoms with Crippen molar-refractivity contribution in [2.75, 3.05) is 5.73 Å². The van der Waals surface area contributed by atoms with E-state index in [4.69, 9.17) is 14.9 Å². The van der Waals surface area contributed by atoms with Gasteiger partial charge in [0.05, 0.1) is 17.2 Å². The van der Waals surface area contributed by atoms with E-state index >= 15 is 0 Å². The molecule has 2 aromatic heterocycles. The second kappa shape index (κ2) is 9.25. The van der Waals surface area contributed by atoms with E-state index in [0.717, 1.165) is 19.3 Å². The summed E-state index contributed by atoms with van der Waals surface area (Å²) < 4.78 is 11.4. The van der Waals surface area contributed by atoms with Crippen LogP contribution in [0.3, 0.4) is 0 Å². The van der Waals surface area contributed by atoms with Gasteiger partial charge in [-0.3, -0.25) is 9.59 Å². The molecule has 0 aliphatic heterocycles. The number of ether oxygens (including phenoxy) is 1. The minimum atomic E-state index is -0.473. The second-order valence-electron chi connectivity index (χ2n) is 7.08.